The number of rotatable bonds is 2. The highest BCUT2D eigenvalue weighted by molar-refractivity contribution is 7.09. The number of hydrogen-bond acceptors (Lipinski definition) is 5. The van der Waals surface area contributed by atoms with Crippen molar-refractivity contribution in [2.75, 3.05) is 13.1 Å². The normalized spacial score (nSPS) is 23.7. The van der Waals surface area contributed by atoms with Gasteiger partial charge in [0.15, 0.2) is 0 Å². The molecule has 2 rings (SSSR count). The molecule has 1 aromatic heterocycles. The molecule has 0 bridgehead atoms. The maximum absolute atomic E-state index is 11.9. The Labute approximate surface area is 117 Å². The van der Waals surface area contributed by atoms with Crippen molar-refractivity contribution in [2.24, 2.45) is 5.92 Å². The van der Waals surface area contributed by atoms with Gasteiger partial charge in [-0.15, -0.1) is 11.3 Å². The van der Waals surface area contributed by atoms with Gasteiger partial charge in [0.1, 0.15) is 5.60 Å². The van der Waals surface area contributed by atoms with Gasteiger partial charge in [0.2, 0.25) is 0 Å². The molecule has 2 atom stereocenters. The lowest BCUT2D eigenvalue weighted by Gasteiger charge is -2.24. The second-order valence-corrected chi connectivity index (χ2v) is 6.82. The van der Waals surface area contributed by atoms with Crippen LogP contribution in [0.25, 0.3) is 0 Å². The molecule has 1 aliphatic heterocycles. The van der Waals surface area contributed by atoms with Gasteiger partial charge in [-0.3, -0.25) is 0 Å². The zero-order valence-electron chi connectivity index (χ0n) is 11.5. The average Bonchev–Trinajstić information content (AvgIpc) is 2.88. The van der Waals surface area contributed by atoms with E-state index in [4.69, 9.17) is 4.74 Å². The van der Waals surface area contributed by atoms with E-state index in [0.29, 0.717) is 19.5 Å². The van der Waals surface area contributed by atoms with E-state index < -0.39 is 11.7 Å². The van der Waals surface area contributed by atoms with E-state index in [-0.39, 0.29) is 12.0 Å². The van der Waals surface area contributed by atoms with Crippen molar-refractivity contribution < 1.29 is 14.6 Å². The van der Waals surface area contributed by atoms with E-state index in [1.54, 1.807) is 22.4 Å². The molecule has 1 N–H and O–H groups in total. The zero-order chi connectivity index (χ0) is 14.0. The molecule has 6 heteroatoms. The third-order valence-electron chi connectivity index (χ3n) is 2.98. The second kappa shape index (κ2) is 5.46. The highest BCUT2D eigenvalue weighted by Crippen LogP contribution is 2.24. The molecule has 0 unspecified atom stereocenters. The molecule has 1 fully saturated rings. The number of aromatic nitrogens is 1. The van der Waals surface area contributed by atoms with Gasteiger partial charge in [-0.05, 0) is 20.8 Å². The number of ether oxygens (including phenoxy) is 1. The van der Waals surface area contributed by atoms with E-state index in [1.807, 2.05) is 26.2 Å². The Morgan fingerprint density at radius 1 is 1.58 bits per heavy atom. The number of likely N-dealkylation sites (tertiary alicyclic amines) is 1. The van der Waals surface area contributed by atoms with Crippen LogP contribution in [-0.4, -0.2) is 45.9 Å². The molecular formula is C13H20N2O3S. The Bertz CT molecular complexity index is 428. The summed E-state index contributed by atoms with van der Waals surface area (Å²) in [6.07, 6.45) is 1.61. The number of β-amino-alcohol motifs (C(OH)–C–C–N with tert-alkyl or cyclic N) is 1. The van der Waals surface area contributed by atoms with Gasteiger partial charge < -0.3 is 14.7 Å². The summed E-state index contributed by atoms with van der Waals surface area (Å²) < 4.78 is 5.32. The summed E-state index contributed by atoms with van der Waals surface area (Å²) >= 11 is 1.57. The van der Waals surface area contributed by atoms with E-state index in [0.717, 1.165) is 5.01 Å². The van der Waals surface area contributed by atoms with Crippen molar-refractivity contribution in [3.63, 3.8) is 0 Å². The van der Waals surface area contributed by atoms with Gasteiger partial charge in [-0.2, -0.15) is 0 Å². The van der Waals surface area contributed by atoms with E-state index >= 15 is 0 Å². The van der Waals surface area contributed by atoms with Crippen LogP contribution < -0.4 is 0 Å². The summed E-state index contributed by atoms with van der Waals surface area (Å²) in [6.45, 7) is 6.37. The fourth-order valence-corrected chi connectivity index (χ4v) is 2.82. The summed E-state index contributed by atoms with van der Waals surface area (Å²) in [4.78, 5) is 17.7. The van der Waals surface area contributed by atoms with Crippen molar-refractivity contribution in [1.29, 1.82) is 0 Å². The summed E-state index contributed by atoms with van der Waals surface area (Å²) in [7, 11) is 0. The molecule has 19 heavy (non-hydrogen) atoms. The highest BCUT2D eigenvalue weighted by Gasteiger charge is 2.36. The first-order valence-electron chi connectivity index (χ1n) is 6.39. The molecule has 1 aliphatic rings. The molecule has 0 aliphatic carbocycles. The summed E-state index contributed by atoms with van der Waals surface area (Å²) in [5.41, 5.74) is -0.505. The minimum absolute atomic E-state index is 0.0404. The third-order valence-corrected chi connectivity index (χ3v) is 3.78. The largest absolute Gasteiger partial charge is 0.444 e. The number of aliphatic hydroxyl groups is 1. The maximum Gasteiger partial charge on any atom is 0.410 e. The monoisotopic (exact) mass is 284 g/mol. The van der Waals surface area contributed by atoms with Crippen LogP contribution in [-0.2, 0) is 11.2 Å². The lowest BCUT2D eigenvalue weighted by atomic mass is 10.0. The highest BCUT2D eigenvalue weighted by atomic mass is 32.1. The standard InChI is InChI=1S/C13H20N2O3S/c1-13(2,3)18-12(17)15-7-9(10(16)8-15)6-11-14-4-5-19-11/h4-5,9-10,16H,6-8H2,1-3H3/t9-,10-/m1/s1. The van der Waals surface area contributed by atoms with Crippen LogP contribution in [0.3, 0.4) is 0 Å². The molecule has 1 amide bonds. The van der Waals surface area contributed by atoms with Crippen molar-refractivity contribution in [1.82, 2.24) is 9.88 Å². The molecule has 0 radical (unpaired) electrons. The van der Waals surface area contributed by atoms with Crippen LogP contribution in [0.4, 0.5) is 4.79 Å². The molecule has 0 aromatic carbocycles. The average molecular weight is 284 g/mol. The molecule has 2 heterocycles. The second-order valence-electron chi connectivity index (χ2n) is 5.84. The van der Waals surface area contributed by atoms with E-state index in [2.05, 4.69) is 4.98 Å². The van der Waals surface area contributed by atoms with E-state index in [1.165, 1.54) is 0 Å². The van der Waals surface area contributed by atoms with Crippen LogP contribution in [0.5, 0.6) is 0 Å². The molecule has 0 spiro atoms. The van der Waals surface area contributed by atoms with Crippen molar-refractivity contribution >= 4 is 17.4 Å². The van der Waals surface area contributed by atoms with Gasteiger partial charge in [0.25, 0.3) is 0 Å². The van der Waals surface area contributed by atoms with Crippen molar-refractivity contribution in [3.05, 3.63) is 16.6 Å². The van der Waals surface area contributed by atoms with E-state index in [9.17, 15) is 9.90 Å². The SMILES string of the molecule is CC(C)(C)OC(=O)N1C[C@@H](Cc2nccs2)[C@H](O)C1. The number of hydrogen-bond donors (Lipinski definition) is 1. The first kappa shape index (κ1) is 14.3. The Kier molecular flexibility index (Phi) is 4.10. The van der Waals surface area contributed by atoms with Gasteiger partial charge in [-0.1, -0.05) is 0 Å². The number of aliphatic hydroxyl groups excluding tert-OH is 1. The lowest BCUT2D eigenvalue weighted by molar-refractivity contribution is 0.0270. The predicted molar refractivity (Wildman–Crippen MR) is 73.1 cm³/mol. The van der Waals surface area contributed by atoms with Crippen molar-refractivity contribution in [3.8, 4) is 0 Å². The summed E-state index contributed by atoms with van der Waals surface area (Å²) in [6, 6.07) is 0. The Balaban J connectivity index is 1.91. The first-order valence-corrected chi connectivity index (χ1v) is 7.27. The quantitative estimate of drug-likeness (QED) is 0.901. The van der Waals surface area contributed by atoms with Crippen LogP contribution >= 0.6 is 11.3 Å². The third kappa shape index (κ3) is 3.91. The Hall–Kier alpha value is -1.14. The zero-order valence-corrected chi connectivity index (χ0v) is 12.3. The van der Waals surface area contributed by atoms with Gasteiger partial charge in [0.05, 0.1) is 17.7 Å². The molecule has 5 nitrogen and oxygen atoms in total. The van der Waals surface area contributed by atoms with Gasteiger partial charge in [0, 0.05) is 30.5 Å². The minimum atomic E-state index is -0.505. The Morgan fingerprint density at radius 3 is 2.89 bits per heavy atom. The topological polar surface area (TPSA) is 62.7 Å². The van der Waals surface area contributed by atoms with Crippen molar-refractivity contribution in [2.45, 2.75) is 38.9 Å². The van der Waals surface area contributed by atoms with Crippen LogP contribution in [0.15, 0.2) is 11.6 Å². The predicted octanol–water partition coefficient (Wildman–Crippen LogP) is 1.91. The molecule has 1 saturated heterocycles. The molecular weight excluding hydrogens is 264 g/mol. The van der Waals surface area contributed by atoms with Crippen LogP contribution in [0.1, 0.15) is 25.8 Å². The van der Waals surface area contributed by atoms with Crippen LogP contribution in [0.2, 0.25) is 0 Å². The number of amides is 1. The lowest BCUT2D eigenvalue weighted by Crippen LogP contribution is -2.35. The molecule has 1 aromatic rings. The number of thiazole rings is 1. The first-order chi connectivity index (χ1) is 8.85. The summed E-state index contributed by atoms with van der Waals surface area (Å²) in [5.74, 6) is 0.0404. The smallest absolute Gasteiger partial charge is 0.410 e. The van der Waals surface area contributed by atoms with Gasteiger partial charge >= 0.3 is 6.09 Å². The maximum atomic E-state index is 11.9. The van der Waals surface area contributed by atoms with Crippen LogP contribution in [0, 0.1) is 5.92 Å². The Morgan fingerprint density at radius 2 is 2.32 bits per heavy atom. The fourth-order valence-electron chi connectivity index (χ4n) is 2.11. The molecule has 0 saturated carbocycles. The molecule has 106 valence electrons. The number of carbonyl (C=O) groups excluding carboxylic acids is 1. The minimum Gasteiger partial charge on any atom is -0.444 e. The summed E-state index contributed by atoms with van der Waals surface area (Å²) in [5, 5.41) is 12.9. The fraction of sp³-hybridized carbons (Fsp3) is 0.692. The number of nitrogens with zero attached hydrogens (tertiary/aromatic N) is 2. The number of carbonyl (C=O) groups is 1. The van der Waals surface area contributed by atoms with Gasteiger partial charge in [-0.25, -0.2) is 9.78 Å².